The van der Waals surface area contributed by atoms with E-state index in [0.29, 0.717) is 11.5 Å². The van der Waals surface area contributed by atoms with Crippen LogP contribution in [-0.2, 0) is 6.42 Å². The molecule has 0 aliphatic heterocycles. The van der Waals surface area contributed by atoms with Crippen LogP contribution in [0.15, 0.2) is 54.6 Å². The Kier molecular flexibility index (Phi) is 5.73. The Bertz CT molecular complexity index is 591. The van der Waals surface area contributed by atoms with Crippen LogP contribution in [0.4, 0.5) is 0 Å². The maximum Gasteiger partial charge on any atom is 0.265 e. The van der Waals surface area contributed by atoms with E-state index in [2.05, 4.69) is 55.9 Å². The quantitative estimate of drug-likeness (QED) is 0.794. The van der Waals surface area contributed by atoms with Gasteiger partial charge in [-0.05, 0) is 35.6 Å². The number of aryl methyl sites for hydroxylation is 1. The van der Waals surface area contributed by atoms with Crippen LogP contribution in [0.5, 0.6) is 0 Å². The number of hydrogen-bond acceptors (Lipinski definition) is 2. The van der Waals surface area contributed by atoms with Gasteiger partial charge in [-0.3, -0.25) is 10.2 Å². The Balaban J connectivity index is 2.04. The normalized spacial score (nSPS) is 12.2. The van der Waals surface area contributed by atoms with Gasteiger partial charge in [0, 0.05) is 5.56 Å². The van der Waals surface area contributed by atoms with E-state index in [1.165, 1.54) is 11.1 Å². The van der Waals surface area contributed by atoms with Crippen LogP contribution in [0, 0.1) is 5.92 Å². The highest BCUT2D eigenvalue weighted by Crippen LogP contribution is 2.21. The first-order valence-corrected chi connectivity index (χ1v) is 7.81. The van der Waals surface area contributed by atoms with E-state index in [9.17, 15) is 4.79 Å². The van der Waals surface area contributed by atoms with Gasteiger partial charge < -0.3 is 0 Å². The molecule has 2 N–H and O–H groups in total. The molecular weight excluding hydrogens is 272 g/mol. The molecule has 1 atom stereocenters. The molecule has 0 bridgehead atoms. The molecule has 0 saturated heterocycles. The maximum atomic E-state index is 12.1. The number of hydrogen-bond donors (Lipinski definition) is 2. The van der Waals surface area contributed by atoms with Crippen LogP contribution >= 0.6 is 0 Å². The molecule has 0 spiro atoms. The van der Waals surface area contributed by atoms with Gasteiger partial charge in [0.15, 0.2) is 0 Å². The fraction of sp³-hybridized carbons (Fsp3) is 0.316. The van der Waals surface area contributed by atoms with Crippen molar-refractivity contribution in [2.45, 2.75) is 33.2 Å². The van der Waals surface area contributed by atoms with E-state index in [0.717, 1.165) is 6.42 Å². The van der Waals surface area contributed by atoms with Gasteiger partial charge in [-0.25, -0.2) is 5.43 Å². The molecule has 2 rings (SSSR count). The zero-order valence-electron chi connectivity index (χ0n) is 13.5. The largest absolute Gasteiger partial charge is 0.287 e. The van der Waals surface area contributed by atoms with Crippen molar-refractivity contribution in [2.24, 2.45) is 5.92 Å². The zero-order chi connectivity index (χ0) is 15.9. The highest BCUT2D eigenvalue weighted by molar-refractivity contribution is 5.93. The van der Waals surface area contributed by atoms with Crippen LogP contribution < -0.4 is 10.9 Å². The Morgan fingerprint density at radius 1 is 1.00 bits per heavy atom. The average Bonchev–Trinajstić information content (AvgIpc) is 2.56. The van der Waals surface area contributed by atoms with Gasteiger partial charge in [0.05, 0.1) is 6.04 Å². The first-order valence-electron chi connectivity index (χ1n) is 7.81. The molecule has 2 aromatic carbocycles. The van der Waals surface area contributed by atoms with Crippen LogP contribution in [0.1, 0.15) is 48.3 Å². The second kappa shape index (κ2) is 7.76. The van der Waals surface area contributed by atoms with E-state index in [-0.39, 0.29) is 11.9 Å². The van der Waals surface area contributed by atoms with E-state index in [4.69, 9.17) is 0 Å². The first kappa shape index (κ1) is 16.2. The molecule has 0 aliphatic carbocycles. The minimum atomic E-state index is -0.114. The fourth-order valence-electron chi connectivity index (χ4n) is 2.40. The molecule has 116 valence electrons. The molecule has 0 saturated carbocycles. The van der Waals surface area contributed by atoms with Crippen molar-refractivity contribution >= 4 is 5.91 Å². The Morgan fingerprint density at radius 3 is 2.18 bits per heavy atom. The van der Waals surface area contributed by atoms with Crippen LogP contribution in [0.25, 0.3) is 0 Å². The van der Waals surface area contributed by atoms with E-state index in [1.54, 1.807) is 12.1 Å². The lowest BCUT2D eigenvalue weighted by molar-refractivity contribution is 0.0919. The van der Waals surface area contributed by atoms with E-state index < -0.39 is 0 Å². The SMILES string of the molecule is CCc1ccc([C@@H](NNC(=O)c2ccccc2)C(C)C)cc1. The standard InChI is InChI=1S/C19H24N2O/c1-4-15-10-12-16(13-11-15)18(14(2)3)20-21-19(22)17-8-6-5-7-9-17/h5-14,18,20H,4H2,1-3H3,(H,21,22)/t18-/m0/s1. The molecule has 0 aromatic heterocycles. The second-order valence-corrected chi connectivity index (χ2v) is 5.78. The fourth-order valence-corrected chi connectivity index (χ4v) is 2.40. The summed E-state index contributed by atoms with van der Waals surface area (Å²) in [6.45, 7) is 6.42. The highest BCUT2D eigenvalue weighted by Gasteiger charge is 2.16. The Hall–Kier alpha value is -2.13. The minimum absolute atomic E-state index is 0.0820. The predicted octanol–water partition coefficient (Wildman–Crippen LogP) is 3.88. The van der Waals surface area contributed by atoms with Gasteiger partial charge in [0.2, 0.25) is 0 Å². The summed E-state index contributed by atoms with van der Waals surface area (Å²) in [4.78, 5) is 12.1. The lowest BCUT2D eigenvalue weighted by Crippen LogP contribution is -2.41. The van der Waals surface area contributed by atoms with Crippen molar-refractivity contribution in [3.8, 4) is 0 Å². The molecule has 2 aromatic rings. The topological polar surface area (TPSA) is 41.1 Å². The smallest absolute Gasteiger partial charge is 0.265 e. The number of benzene rings is 2. The number of carbonyl (C=O) groups is 1. The van der Waals surface area contributed by atoms with E-state index in [1.807, 2.05) is 18.2 Å². The zero-order valence-corrected chi connectivity index (χ0v) is 13.5. The number of amides is 1. The van der Waals surface area contributed by atoms with Crippen molar-refractivity contribution in [1.82, 2.24) is 10.9 Å². The van der Waals surface area contributed by atoms with Crippen molar-refractivity contribution in [1.29, 1.82) is 0 Å². The van der Waals surface area contributed by atoms with Gasteiger partial charge in [-0.1, -0.05) is 63.2 Å². The molecule has 0 unspecified atom stereocenters. The maximum absolute atomic E-state index is 12.1. The first-order chi connectivity index (χ1) is 10.6. The molecule has 0 radical (unpaired) electrons. The van der Waals surface area contributed by atoms with Crippen molar-refractivity contribution in [3.05, 3.63) is 71.3 Å². The van der Waals surface area contributed by atoms with Gasteiger partial charge in [-0.2, -0.15) is 0 Å². The van der Waals surface area contributed by atoms with Gasteiger partial charge in [0.1, 0.15) is 0 Å². The van der Waals surface area contributed by atoms with Crippen molar-refractivity contribution in [3.63, 3.8) is 0 Å². The average molecular weight is 296 g/mol. The summed E-state index contributed by atoms with van der Waals surface area (Å²) in [6.07, 6.45) is 1.03. The molecule has 0 fully saturated rings. The number of hydrazine groups is 1. The number of carbonyl (C=O) groups excluding carboxylic acids is 1. The van der Waals surface area contributed by atoms with Crippen LogP contribution in [-0.4, -0.2) is 5.91 Å². The Morgan fingerprint density at radius 2 is 1.64 bits per heavy atom. The summed E-state index contributed by atoms with van der Waals surface area (Å²) < 4.78 is 0. The lowest BCUT2D eigenvalue weighted by atomic mass is 9.95. The molecule has 0 heterocycles. The predicted molar refractivity (Wildman–Crippen MR) is 90.4 cm³/mol. The molecule has 3 nitrogen and oxygen atoms in total. The van der Waals surface area contributed by atoms with Crippen molar-refractivity contribution in [2.75, 3.05) is 0 Å². The molecular formula is C19H24N2O. The second-order valence-electron chi connectivity index (χ2n) is 5.78. The molecule has 3 heteroatoms. The monoisotopic (exact) mass is 296 g/mol. The third-order valence-corrected chi connectivity index (χ3v) is 3.79. The third kappa shape index (κ3) is 4.18. The summed E-state index contributed by atoms with van der Waals surface area (Å²) in [5.74, 6) is 0.250. The minimum Gasteiger partial charge on any atom is -0.287 e. The summed E-state index contributed by atoms with van der Waals surface area (Å²) in [5.41, 5.74) is 9.14. The summed E-state index contributed by atoms with van der Waals surface area (Å²) in [7, 11) is 0. The van der Waals surface area contributed by atoms with Gasteiger partial charge in [0.25, 0.3) is 5.91 Å². The number of nitrogens with one attached hydrogen (secondary N) is 2. The molecule has 0 aliphatic rings. The lowest BCUT2D eigenvalue weighted by Gasteiger charge is -2.23. The highest BCUT2D eigenvalue weighted by atomic mass is 16.2. The van der Waals surface area contributed by atoms with E-state index >= 15 is 0 Å². The number of rotatable bonds is 6. The van der Waals surface area contributed by atoms with Crippen LogP contribution in [0.2, 0.25) is 0 Å². The Labute approximate surface area is 132 Å². The van der Waals surface area contributed by atoms with Gasteiger partial charge >= 0.3 is 0 Å². The third-order valence-electron chi connectivity index (χ3n) is 3.79. The van der Waals surface area contributed by atoms with Crippen molar-refractivity contribution < 1.29 is 4.79 Å². The molecule has 22 heavy (non-hydrogen) atoms. The van der Waals surface area contributed by atoms with Crippen LogP contribution in [0.3, 0.4) is 0 Å². The summed E-state index contributed by atoms with van der Waals surface area (Å²) in [5, 5.41) is 0. The summed E-state index contributed by atoms with van der Waals surface area (Å²) >= 11 is 0. The van der Waals surface area contributed by atoms with Gasteiger partial charge in [-0.15, -0.1) is 0 Å². The molecule has 1 amide bonds. The summed E-state index contributed by atoms with van der Waals surface area (Å²) in [6, 6.07) is 17.9.